The number of nitrogens with one attached hydrogen (secondary N) is 2. The van der Waals surface area contributed by atoms with E-state index in [9.17, 15) is 9.59 Å². The zero-order chi connectivity index (χ0) is 23.9. The third-order valence-electron chi connectivity index (χ3n) is 5.28. The Morgan fingerprint density at radius 1 is 0.765 bits per heavy atom. The van der Waals surface area contributed by atoms with Gasteiger partial charge in [0.1, 0.15) is 11.6 Å². The number of aromatic nitrogens is 2. The Morgan fingerprint density at radius 2 is 1.50 bits per heavy atom. The second-order valence-corrected chi connectivity index (χ2v) is 8.09. The first-order valence-electron chi connectivity index (χ1n) is 11.1. The van der Waals surface area contributed by atoms with Gasteiger partial charge in [0.2, 0.25) is 5.91 Å². The first kappa shape index (κ1) is 22.9. The summed E-state index contributed by atoms with van der Waals surface area (Å²) in [5.74, 6) is 1.07. The molecule has 0 atom stereocenters. The molecule has 3 aromatic carbocycles. The summed E-state index contributed by atoms with van der Waals surface area (Å²) >= 11 is 0. The van der Waals surface area contributed by atoms with E-state index in [-0.39, 0.29) is 24.5 Å². The van der Waals surface area contributed by atoms with Crippen molar-refractivity contribution >= 4 is 28.9 Å². The highest BCUT2D eigenvalue weighted by Crippen LogP contribution is 2.23. The molecule has 0 aliphatic rings. The minimum atomic E-state index is -0.207. The van der Waals surface area contributed by atoms with Crippen molar-refractivity contribution in [2.24, 2.45) is 0 Å². The fourth-order valence-electron chi connectivity index (χ4n) is 3.55. The summed E-state index contributed by atoms with van der Waals surface area (Å²) in [6.07, 6.45) is 0.283. The van der Waals surface area contributed by atoms with Gasteiger partial charge in [-0.05, 0) is 32.0 Å². The van der Waals surface area contributed by atoms with E-state index >= 15 is 0 Å². The molecule has 0 aliphatic heterocycles. The zero-order valence-corrected chi connectivity index (χ0v) is 19.2. The lowest BCUT2D eigenvalue weighted by molar-refractivity contribution is -0.116. The average molecular weight is 451 g/mol. The van der Waals surface area contributed by atoms with Crippen molar-refractivity contribution in [3.05, 3.63) is 102 Å². The van der Waals surface area contributed by atoms with Crippen LogP contribution in [-0.2, 0) is 4.79 Å². The molecule has 0 fully saturated rings. The number of Topliss-reactive ketones (excluding diaryl/α,β-unsaturated/α-hetero) is 1. The number of amides is 1. The Hall–Kier alpha value is -4.32. The van der Waals surface area contributed by atoms with E-state index in [1.54, 1.807) is 12.1 Å². The van der Waals surface area contributed by atoms with Gasteiger partial charge in [0.25, 0.3) is 0 Å². The molecule has 170 valence electrons. The molecule has 6 heteroatoms. The van der Waals surface area contributed by atoms with Gasteiger partial charge in [-0.2, -0.15) is 0 Å². The van der Waals surface area contributed by atoms with Gasteiger partial charge < -0.3 is 10.6 Å². The van der Waals surface area contributed by atoms with E-state index in [2.05, 4.69) is 20.6 Å². The second-order valence-electron chi connectivity index (χ2n) is 8.09. The van der Waals surface area contributed by atoms with Crippen molar-refractivity contribution in [3.8, 4) is 11.3 Å². The van der Waals surface area contributed by atoms with Crippen LogP contribution in [0, 0.1) is 13.8 Å². The van der Waals surface area contributed by atoms with Crippen molar-refractivity contribution in [3.63, 3.8) is 0 Å². The van der Waals surface area contributed by atoms with Crippen LogP contribution in [-0.4, -0.2) is 21.7 Å². The normalized spacial score (nSPS) is 10.5. The molecule has 1 aromatic heterocycles. The van der Waals surface area contributed by atoms with Crippen molar-refractivity contribution in [2.75, 3.05) is 10.6 Å². The minimum Gasteiger partial charge on any atom is -0.340 e. The number of carbonyl (C=O) groups is 2. The van der Waals surface area contributed by atoms with Gasteiger partial charge in [0.15, 0.2) is 5.78 Å². The number of hydrogen-bond acceptors (Lipinski definition) is 5. The van der Waals surface area contributed by atoms with Crippen LogP contribution in [0.2, 0.25) is 0 Å². The molecule has 2 N–H and O–H groups in total. The van der Waals surface area contributed by atoms with Crippen molar-refractivity contribution in [2.45, 2.75) is 26.7 Å². The Balaban J connectivity index is 1.38. The van der Waals surface area contributed by atoms with Crippen molar-refractivity contribution in [1.82, 2.24) is 9.97 Å². The number of rotatable bonds is 8. The van der Waals surface area contributed by atoms with Crippen LogP contribution in [0.5, 0.6) is 0 Å². The zero-order valence-electron chi connectivity index (χ0n) is 19.2. The Kier molecular flexibility index (Phi) is 7.08. The standard InChI is InChI=1S/C28H26N4O2/c1-19-11-13-22(14-12-19)26(33)15-16-28(34)32-24-10-6-9-23(17-24)31-27-18-25(29-20(2)30-27)21-7-4-3-5-8-21/h3-14,17-18H,15-16H2,1-2H3,(H,32,34)(H,29,30,31). The minimum absolute atomic E-state index is 0.0427. The summed E-state index contributed by atoms with van der Waals surface area (Å²) in [4.78, 5) is 33.7. The van der Waals surface area contributed by atoms with E-state index < -0.39 is 0 Å². The van der Waals surface area contributed by atoms with Crippen LogP contribution in [0.4, 0.5) is 17.2 Å². The van der Waals surface area contributed by atoms with Crippen LogP contribution in [0.25, 0.3) is 11.3 Å². The topological polar surface area (TPSA) is 84.0 Å². The van der Waals surface area contributed by atoms with Gasteiger partial charge >= 0.3 is 0 Å². The lowest BCUT2D eigenvalue weighted by atomic mass is 10.0. The van der Waals surface area contributed by atoms with Gasteiger partial charge in [-0.3, -0.25) is 9.59 Å². The van der Waals surface area contributed by atoms with E-state index in [0.717, 1.165) is 22.5 Å². The van der Waals surface area contributed by atoms with E-state index in [1.807, 2.05) is 86.6 Å². The smallest absolute Gasteiger partial charge is 0.224 e. The SMILES string of the molecule is Cc1ccc(C(=O)CCC(=O)Nc2cccc(Nc3cc(-c4ccccc4)nc(C)n3)c2)cc1. The lowest BCUT2D eigenvalue weighted by Gasteiger charge is -2.11. The highest BCUT2D eigenvalue weighted by atomic mass is 16.2. The third-order valence-corrected chi connectivity index (χ3v) is 5.28. The molecule has 0 radical (unpaired) electrons. The fourth-order valence-corrected chi connectivity index (χ4v) is 3.55. The number of benzene rings is 3. The number of aryl methyl sites for hydroxylation is 2. The number of nitrogens with zero attached hydrogens (tertiary/aromatic N) is 2. The van der Waals surface area contributed by atoms with E-state index in [1.165, 1.54) is 0 Å². The van der Waals surface area contributed by atoms with Crippen LogP contribution >= 0.6 is 0 Å². The van der Waals surface area contributed by atoms with Gasteiger partial charge in [0.05, 0.1) is 5.69 Å². The second kappa shape index (κ2) is 10.5. The van der Waals surface area contributed by atoms with Gasteiger partial charge in [-0.1, -0.05) is 66.2 Å². The maximum Gasteiger partial charge on any atom is 0.224 e. The number of hydrogen-bond donors (Lipinski definition) is 2. The average Bonchev–Trinajstić information content (AvgIpc) is 2.83. The van der Waals surface area contributed by atoms with Gasteiger partial charge in [-0.15, -0.1) is 0 Å². The molecule has 0 saturated carbocycles. The lowest BCUT2D eigenvalue weighted by Crippen LogP contribution is -2.13. The molecular formula is C28H26N4O2. The van der Waals surface area contributed by atoms with E-state index in [0.29, 0.717) is 22.9 Å². The summed E-state index contributed by atoms with van der Waals surface area (Å²) in [5, 5.41) is 6.16. The molecule has 1 heterocycles. The Labute approximate surface area is 199 Å². The van der Waals surface area contributed by atoms with Crippen LogP contribution in [0.3, 0.4) is 0 Å². The van der Waals surface area contributed by atoms with Crippen LogP contribution < -0.4 is 10.6 Å². The predicted molar refractivity (Wildman–Crippen MR) is 135 cm³/mol. The molecule has 0 aliphatic carbocycles. The summed E-state index contributed by atoms with van der Waals surface area (Å²) in [5.41, 5.74) is 4.99. The summed E-state index contributed by atoms with van der Waals surface area (Å²) in [6, 6.07) is 26.6. The first-order valence-corrected chi connectivity index (χ1v) is 11.1. The number of ketones is 1. The maximum absolute atomic E-state index is 12.4. The molecule has 0 saturated heterocycles. The summed E-state index contributed by atoms with van der Waals surface area (Å²) in [6.45, 7) is 3.82. The third kappa shape index (κ3) is 6.13. The molecule has 0 unspecified atom stereocenters. The molecule has 0 spiro atoms. The van der Waals surface area contributed by atoms with Crippen molar-refractivity contribution < 1.29 is 9.59 Å². The van der Waals surface area contributed by atoms with Gasteiger partial charge in [-0.25, -0.2) is 9.97 Å². The highest BCUT2D eigenvalue weighted by molar-refractivity contribution is 6.00. The first-order chi connectivity index (χ1) is 16.5. The molecule has 0 bridgehead atoms. The van der Waals surface area contributed by atoms with Crippen molar-refractivity contribution in [1.29, 1.82) is 0 Å². The van der Waals surface area contributed by atoms with Crippen LogP contribution in [0.15, 0.2) is 84.9 Å². The van der Waals surface area contributed by atoms with Crippen LogP contribution in [0.1, 0.15) is 34.6 Å². The highest BCUT2D eigenvalue weighted by Gasteiger charge is 2.10. The molecular weight excluding hydrogens is 424 g/mol. The monoisotopic (exact) mass is 450 g/mol. The summed E-state index contributed by atoms with van der Waals surface area (Å²) < 4.78 is 0. The van der Waals surface area contributed by atoms with Gasteiger partial charge in [0, 0.05) is 41.4 Å². The fraction of sp³-hybridized carbons (Fsp3) is 0.143. The summed E-state index contributed by atoms with van der Waals surface area (Å²) in [7, 11) is 0. The quantitative estimate of drug-likeness (QED) is 0.317. The number of carbonyl (C=O) groups excluding carboxylic acids is 2. The maximum atomic E-state index is 12.4. The molecule has 6 nitrogen and oxygen atoms in total. The Bertz CT molecular complexity index is 1300. The molecule has 34 heavy (non-hydrogen) atoms. The Morgan fingerprint density at radius 3 is 2.26 bits per heavy atom. The molecule has 4 aromatic rings. The van der Waals surface area contributed by atoms with E-state index in [4.69, 9.17) is 0 Å². The largest absolute Gasteiger partial charge is 0.340 e. The predicted octanol–water partition coefficient (Wildman–Crippen LogP) is 6.11. The number of anilines is 3. The molecule has 1 amide bonds. The molecule has 4 rings (SSSR count).